The van der Waals surface area contributed by atoms with Crippen LogP contribution in [-0.2, 0) is 0 Å². The number of phenols is 1. The Morgan fingerprint density at radius 3 is 2.50 bits per heavy atom. The molecule has 0 bridgehead atoms. The number of para-hydroxylation sites is 1. The molecule has 18 heavy (non-hydrogen) atoms. The Kier molecular flexibility index (Phi) is 2.49. The number of nitrogens with zero attached hydrogens (tertiary/aromatic N) is 3. The third-order valence-corrected chi connectivity index (χ3v) is 2.63. The van der Waals surface area contributed by atoms with Gasteiger partial charge in [-0.1, -0.05) is 24.3 Å². The predicted octanol–water partition coefficient (Wildman–Crippen LogP) is 2.08. The lowest BCUT2D eigenvalue weighted by Crippen LogP contribution is -2.43. The van der Waals surface area contributed by atoms with Gasteiger partial charge in [-0.05, 0) is 24.3 Å². The van der Waals surface area contributed by atoms with Gasteiger partial charge in [0.2, 0.25) is 0 Å². The third-order valence-electron chi connectivity index (χ3n) is 2.63. The van der Waals surface area contributed by atoms with Crippen molar-refractivity contribution < 1.29 is 5.11 Å². The maximum atomic E-state index is 9.52. The van der Waals surface area contributed by atoms with E-state index in [0.717, 1.165) is 11.4 Å². The van der Waals surface area contributed by atoms with Gasteiger partial charge in [0.05, 0.1) is 11.4 Å². The van der Waals surface area contributed by atoms with Gasteiger partial charge in [-0.2, -0.15) is 10.7 Å². The molecule has 2 aromatic carbocycles. The van der Waals surface area contributed by atoms with Crippen molar-refractivity contribution in [1.82, 2.24) is 5.53 Å². The number of hydrazone groups is 1. The van der Waals surface area contributed by atoms with Crippen LogP contribution in [0.15, 0.2) is 59.7 Å². The molecule has 1 aliphatic heterocycles. The molecule has 0 atom stereocenters. The Hall–Kier alpha value is -2.69. The van der Waals surface area contributed by atoms with Gasteiger partial charge in [0.25, 0.3) is 0 Å². The molecule has 0 aromatic heterocycles. The summed E-state index contributed by atoms with van der Waals surface area (Å²) >= 11 is 0. The van der Waals surface area contributed by atoms with Crippen LogP contribution in [0.25, 0.3) is 0 Å². The van der Waals surface area contributed by atoms with E-state index in [-0.39, 0.29) is 5.75 Å². The summed E-state index contributed by atoms with van der Waals surface area (Å²) in [5, 5.41) is 17.1. The van der Waals surface area contributed by atoms with Gasteiger partial charge in [0.1, 0.15) is 12.1 Å². The molecular formula is C13H12N4O. The summed E-state index contributed by atoms with van der Waals surface area (Å²) in [5.74, 6) is 0.223. The fourth-order valence-corrected chi connectivity index (χ4v) is 1.80. The largest absolute Gasteiger partial charge is 0.508 e. The number of phenolic OH excluding ortho intramolecular Hbond substituents is 1. The van der Waals surface area contributed by atoms with Crippen molar-refractivity contribution >= 4 is 17.7 Å². The molecule has 90 valence electrons. The highest BCUT2D eigenvalue weighted by molar-refractivity contribution is 5.85. The van der Waals surface area contributed by atoms with Crippen LogP contribution in [0.4, 0.5) is 11.4 Å². The fourth-order valence-electron chi connectivity index (χ4n) is 1.80. The molecule has 1 aliphatic rings. The molecule has 5 nitrogen and oxygen atoms in total. The summed E-state index contributed by atoms with van der Waals surface area (Å²) < 4.78 is 0. The predicted molar refractivity (Wildman–Crippen MR) is 71.1 cm³/mol. The molecule has 0 amide bonds. The van der Waals surface area contributed by atoms with E-state index in [4.69, 9.17) is 0 Å². The van der Waals surface area contributed by atoms with E-state index in [1.54, 1.807) is 29.7 Å². The maximum absolute atomic E-state index is 9.52. The highest BCUT2D eigenvalue weighted by atomic mass is 16.3. The van der Waals surface area contributed by atoms with Crippen LogP contribution in [0.3, 0.4) is 0 Å². The monoisotopic (exact) mass is 240 g/mol. The minimum absolute atomic E-state index is 0.223. The maximum Gasteiger partial charge on any atom is 0.139 e. The molecule has 0 fully saturated rings. The third kappa shape index (κ3) is 1.82. The quantitative estimate of drug-likeness (QED) is 0.843. The highest BCUT2D eigenvalue weighted by Crippen LogP contribution is 2.24. The van der Waals surface area contributed by atoms with Gasteiger partial charge in [0, 0.05) is 6.07 Å². The van der Waals surface area contributed by atoms with Gasteiger partial charge in [-0.3, -0.25) is 0 Å². The van der Waals surface area contributed by atoms with Gasteiger partial charge >= 0.3 is 0 Å². The number of nitrogens with one attached hydrogen (secondary N) is 1. The van der Waals surface area contributed by atoms with Crippen LogP contribution < -0.4 is 15.7 Å². The first-order chi connectivity index (χ1) is 8.84. The van der Waals surface area contributed by atoms with Crippen LogP contribution in [0.2, 0.25) is 0 Å². The second-order valence-electron chi connectivity index (χ2n) is 3.86. The van der Waals surface area contributed by atoms with Crippen molar-refractivity contribution in [3.8, 4) is 5.75 Å². The first-order valence-corrected chi connectivity index (χ1v) is 5.57. The number of benzene rings is 2. The molecule has 0 saturated heterocycles. The SMILES string of the molecule is Oc1cccc(N2C=NNN2c2ccccc2)c1. The van der Waals surface area contributed by atoms with Crippen molar-refractivity contribution in [1.29, 1.82) is 0 Å². The molecule has 2 N–H and O–H groups in total. The summed E-state index contributed by atoms with van der Waals surface area (Å²) in [6.07, 6.45) is 1.65. The molecule has 0 saturated carbocycles. The fraction of sp³-hybridized carbons (Fsp3) is 0. The number of hydrazine groups is 2. The summed E-state index contributed by atoms with van der Waals surface area (Å²) in [6, 6.07) is 16.8. The highest BCUT2D eigenvalue weighted by Gasteiger charge is 2.19. The van der Waals surface area contributed by atoms with Crippen LogP contribution in [0, 0.1) is 0 Å². The number of aromatic hydroxyl groups is 1. The van der Waals surface area contributed by atoms with E-state index < -0.39 is 0 Å². The Labute approximate surface area is 105 Å². The van der Waals surface area contributed by atoms with Crippen molar-refractivity contribution in [2.45, 2.75) is 0 Å². The minimum atomic E-state index is 0.223. The molecule has 5 heteroatoms. The van der Waals surface area contributed by atoms with E-state index in [9.17, 15) is 5.11 Å². The van der Waals surface area contributed by atoms with Gasteiger partial charge in [-0.25, -0.2) is 5.01 Å². The summed E-state index contributed by atoms with van der Waals surface area (Å²) in [4.78, 5) is 0. The average Bonchev–Trinajstić information content (AvgIpc) is 2.89. The number of anilines is 2. The zero-order valence-corrected chi connectivity index (χ0v) is 9.56. The number of hydrogen-bond acceptors (Lipinski definition) is 5. The second kappa shape index (κ2) is 4.29. The first kappa shape index (κ1) is 10.5. The molecule has 2 aromatic rings. The Morgan fingerprint density at radius 1 is 0.944 bits per heavy atom. The van der Waals surface area contributed by atoms with Crippen LogP contribution in [0.1, 0.15) is 0 Å². The number of rotatable bonds is 2. The zero-order chi connectivity index (χ0) is 12.4. The van der Waals surface area contributed by atoms with Gasteiger partial charge in [0.15, 0.2) is 0 Å². The van der Waals surface area contributed by atoms with Crippen molar-refractivity contribution in [3.63, 3.8) is 0 Å². The van der Waals surface area contributed by atoms with Crippen molar-refractivity contribution in [2.75, 3.05) is 10.1 Å². The standard InChI is InChI=1S/C13H12N4O/c18-13-8-4-7-12(9-13)16-10-14-15-17(16)11-5-2-1-3-6-11/h1-10,15,18H. The van der Waals surface area contributed by atoms with E-state index >= 15 is 0 Å². The summed E-state index contributed by atoms with van der Waals surface area (Å²) in [6.45, 7) is 0. The molecular weight excluding hydrogens is 228 g/mol. The summed E-state index contributed by atoms with van der Waals surface area (Å²) in [5.41, 5.74) is 4.67. The number of hydrogen-bond donors (Lipinski definition) is 2. The Bertz CT molecular complexity index is 570. The smallest absolute Gasteiger partial charge is 0.139 e. The van der Waals surface area contributed by atoms with Crippen LogP contribution >= 0.6 is 0 Å². The van der Waals surface area contributed by atoms with Crippen molar-refractivity contribution in [3.05, 3.63) is 54.6 Å². The lowest BCUT2D eigenvalue weighted by atomic mass is 10.3. The normalized spacial score (nSPS) is 13.8. The molecule has 0 radical (unpaired) electrons. The molecule has 0 aliphatic carbocycles. The second-order valence-corrected chi connectivity index (χ2v) is 3.86. The molecule has 1 heterocycles. The summed E-state index contributed by atoms with van der Waals surface area (Å²) in [7, 11) is 0. The average molecular weight is 240 g/mol. The minimum Gasteiger partial charge on any atom is -0.508 e. The van der Waals surface area contributed by atoms with Crippen LogP contribution in [0.5, 0.6) is 5.75 Å². The molecule has 0 spiro atoms. The molecule has 3 rings (SSSR count). The topological polar surface area (TPSA) is 51.1 Å². The van der Waals surface area contributed by atoms with Crippen molar-refractivity contribution in [2.24, 2.45) is 5.10 Å². The van der Waals surface area contributed by atoms with E-state index in [1.165, 1.54) is 0 Å². The lowest BCUT2D eigenvalue weighted by molar-refractivity contribution is 0.475. The Morgan fingerprint density at radius 2 is 1.72 bits per heavy atom. The Balaban J connectivity index is 1.94. The van der Waals surface area contributed by atoms with Gasteiger partial charge in [-0.15, -0.1) is 5.10 Å². The van der Waals surface area contributed by atoms with E-state index in [1.807, 2.05) is 41.4 Å². The first-order valence-electron chi connectivity index (χ1n) is 5.57. The van der Waals surface area contributed by atoms with Gasteiger partial charge < -0.3 is 5.11 Å². The lowest BCUT2D eigenvalue weighted by Gasteiger charge is -2.28. The van der Waals surface area contributed by atoms with E-state index in [0.29, 0.717) is 0 Å². The zero-order valence-electron chi connectivity index (χ0n) is 9.56. The van der Waals surface area contributed by atoms with E-state index in [2.05, 4.69) is 10.6 Å². The van der Waals surface area contributed by atoms with Crippen LogP contribution in [-0.4, -0.2) is 11.4 Å². The molecule has 0 unspecified atom stereocenters.